The minimum absolute atomic E-state index is 0.472. The monoisotopic (exact) mass is 346 g/mol. The van der Waals surface area contributed by atoms with Gasteiger partial charge in [-0.05, 0) is 48.9 Å². The molecule has 0 saturated heterocycles. The molecule has 1 aromatic rings. The maximum Gasteiger partial charge on any atom is 0.0423 e. The number of benzene rings is 1. The lowest BCUT2D eigenvalue weighted by Crippen LogP contribution is -2.05. The van der Waals surface area contributed by atoms with E-state index in [2.05, 4.69) is 71.7 Å². The Kier molecular flexibility index (Phi) is 5.52. The van der Waals surface area contributed by atoms with Crippen LogP contribution in [0.25, 0.3) is 0 Å². The van der Waals surface area contributed by atoms with E-state index in [1.165, 1.54) is 34.0 Å². The fourth-order valence-electron chi connectivity index (χ4n) is 2.01. The Bertz CT molecular complexity index is 358. The van der Waals surface area contributed by atoms with Gasteiger partial charge in [0.1, 0.15) is 0 Å². The standard InChI is InChI=1S/C14H20Br2/c1-5-6-9(2)14(16)12-7-11(4)13(15)8-10(12)3/h7-9,14H,5-6H2,1-4H3. The maximum absolute atomic E-state index is 3.85. The summed E-state index contributed by atoms with van der Waals surface area (Å²) in [6.45, 7) is 8.90. The van der Waals surface area contributed by atoms with Gasteiger partial charge < -0.3 is 0 Å². The Hall–Kier alpha value is 0.180. The number of rotatable bonds is 4. The molecule has 0 saturated carbocycles. The zero-order valence-corrected chi connectivity index (χ0v) is 13.7. The lowest BCUT2D eigenvalue weighted by molar-refractivity contribution is 0.517. The molecule has 0 aliphatic heterocycles. The van der Waals surface area contributed by atoms with Crippen molar-refractivity contribution in [3.63, 3.8) is 0 Å². The van der Waals surface area contributed by atoms with Gasteiger partial charge >= 0.3 is 0 Å². The minimum Gasteiger partial charge on any atom is -0.0836 e. The van der Waals surface area contributed by atoms with Gasteiger partial charge in [-0.3, -0.25) is 0 Å². The van der Waals surface area contributed by atoms with E-state index in [-0.39, 0.29) is 0 Å². The number of hydrogen-bond donors (Lipinski definition) is 0. The lowest BCUT2D eigenvalue weighted by atomic mass is 9.93. The van der Waals surface area contributed by atoms with Crippen LogP contribution in [0.5, 0.6) is 0 Å². The van der Waals surface area contributed by atoms with Gasteiger partial charge in [0, 0.05) is 9.30 Å². The van der Waals surface area contributed by atoms with E-state index in [0.29, 0.717) is 10.7 Å². The summed E-state index contributed by atoms with van der Waals surface area (Å²) in [4.78, 5) is 0.472. The predicted molar refractivity (Wildman–Crippen MR) is 79.4 cm³/mol. The van der Waals surface area contributed by atoms with Gasteiger partial charge in [-0.1, -0.05) is 58.2 Å². The second kappa shape index (κ2) is 6.20. The first kappa shape index (κ1) is 14.2. The molecule has 0 spiro atoms. The van der Waals surface area contributed by atoms with Crippen molar-refractivity contribution in [3.8, 4) is 0 Å². The zero-order valence-electron chi connectivity index (χ0n) is 10.5. The molecule has 0 N–H and O–H groups in total. The normalized spacial score (nSPS) is 14.9. The van der Waals surface area contributed by atoms with E-state index < -0.39 is 0 Å². The molecular formula is C14H20Br2. The molecule has 0 bridgehead atoms. The van der Waals surface area contributed by atoms with Crippen LogP contribution < -0.4 is 0 Å². The van der Waals surface area contributed by atoms with Gasteiger partial charge in [0.25, 0.3) is 0 Å². The third kappa shape index (κ3) is 3.33. The average molecular weight is 348 g/mol. The summed E-state index contributed by atoms with van der Waals surface area (Å²) in [5, 5.41) is 0. The van der Waals surface area contributed by atoms with Gasteiger partial charge in [0.15, 0.2) is 0 Å². The molecule has 2 unspecified atom stereocenters. The predicted octanol–water partition coefficient (Wildman–Crippen LogP) is 5.94. The van der Waals surface area contributed by atoms with Crippen LogP contribution >= 0.6 is 31.9 Å². The molecule has 2 heteroatoms. The maximum atomic E-state index is 3.85. The average Bonchev–Trinajstić information content (AvgIpc) is 2.23. The second-order valence-corrected chi connectivity index (χ2v) is 6.47. The number of hydrogen-bond acceptors (Lipinski definition) is 0. The highest BCUT2D eigenvalue weighted by Gasteiger charge is 2.18. The van der Waals surface area contributed by atoms with Crippen LogP contribution in [0.15, 0.2) is 16.6 Å². The molecule has 0 fully saturated rings. The van der Waals surface area contributed by atoms with Gasteiger partial charge in [-0.2, -0.15) is 0 Å². The molecule has 0 radical (unpaired) electrons. The summed E-state index contributed by atoms with van der Waals surface area (Å²) in [6, 6.07) is 4.52. The van der Waals surface area contributed by atoms with Gasteiger partial charge in [0.05, 0.1) is 0 Å². The topological polar surface area (TPSA) is 0 Å². The summed E-state index contributed by atoms with van der Waals surface area (Å²) >= 11 is 7.43. The van der Waals surface area contributed by atoms with Crippen molar-refractivity contribution in [1.82, 2.24) is 0 Å². The Labute approximate surface area is 116 Å². The van der Waals surface area contributed by atoms with Gasteiger partial charge in [0.2, 0.25) is 0 Å². The van der Waals surface area contributed by atoms with Crippen molar-refractivity contribution < 1.29 is 0 Å². The smallest absolute Gasteiger partial charge is 0.0423 e. The van der Waals surface area contributed by atoms with Crippen molar-refractivity contribution in [2.75, 3.05) is 0 Å². The molecule has 0 aromatic heterocycles. The van der Waals surface area contributed by atoms with E-state index in [9.17, 15) is 0 Å². The van der Waals surface area contributed by atoms with E-state index in [1.54, 1.807) is 0 Å². The van der Waals surface area contributed by atoms with Crippen molar-refractivity contribution in [2.45, 2.75) is 45.4 Å². The summed E-state index contributed by atoms with van der Waals surface area (Å²) in [5.74, 6) is 0.685. The number of aryl methyl sites for hydroxylation is 2. The number of halogens is 2. The highest BCUT2D eigenvalue weighted by Crippen LogP contribution is 2.37. The van der Waals surface area contributed by atoms with E-state index in [1.807, 2.05) is 0 Å². The van der Waals surface area contributed by atoms with Gasteiger partial charge in [-0.15, -0.1) is 0 Å². The first-order chi connectivity index (χ1) is 7.47. The van der Waals surface area contributed by atoms with Crippen molar-refractivity contribution >= 4 is 31.9 Å². The molecular weight excluding hydrogens is 328 g/mol. The molecule has 0 amide bonds. The Morgan fingerprint density at radius 1 is 1.19 bits per heavy atom. The zero-order chi connectivity index (χ0) is 12.3. The van der Waals surface area contributed by atoms with Crippen LogP contribution in [-0.4, -0.2) is 0 Å². The fraction of sp³-hybridized carbons (Fsp3) is 0.571. The summed E-state index contributed by atoms with van der Waals surface area (Å²) in [6.07, 6.45) is 2.52. The van der Waals surface area contributed by atoms with Crippen LogP contribution in [-0.2, 0) is 0 Å². The van der Waals surface area contributed by atoms with Crippen molar-refractivity contribution in [2.24, 2.45) is 5.92 Å². The van der Waals surface area contributed by atoms with Crippen LogP contribution in [0.2, 0.25) is 0 Å². The van der Waals surface area contributed by atoms with E-state index in [0.717, 1.165) is 0 Å². The van der Waals surface area contributed by atoms with Gasteiger partial charge in [-0.25, -0.2) is 0 Å². The fourth-order valence-corrected chi connectivity index (χ4v) is 3.22. The molecule has 90 valence electrons. The Morgan fingerprint density at radius 2 is 1.81 bits per heavy atom. The molecule has 0 heterocycles. The minimum atomic E-state index is 0.472. The Balaban J connectivity index is 2.99. The molecule has 0 nitrogen and oxygen atoms in total. The highest BCUT2D eigenvalue weighted by atomic mass is 79.9. The van der Waals surface area contributed by atoms with Crippen LogP contribution in [0.4, 0.5) is 0 Å². The largest absolute Gasteiger partial charge is 0.0836 e. The van der Waals surface area contributed by atoms with Crippen LogP contribution in [0, 0.1) is 19.8 Å². The third-order valence-electron chi connectivity index (χ3n) is 3.09. The molecule has 2 atom stereocenters. The first-order valence-electron chi connectivity index (χ1n) is 5.88. The molecule has 0 aliphatic rings. The number of alkyl halides is 1. The van der Waals surface area contributed by atoms with Crippen molar-refractivity contribution in [1.29, 1.82) is 0 Å². The second-order valence-electron chi connectivity index (χ2n) is 4.63. The summed E-state index contributed by atoms with van der Waals surface area (Å²) < 4.78 is 1.21. The third-order valence-corrected chi connectivity index (χ3v) is 5.34. The molecule has 1 aromatic carbocycles. The molecule has 0 aliphatic carbocycles. The SMILES string of the molecule is CCCC(C)C(Br)c1cc(C)c(Br)cc1C. The summed E-state index contributed by atoms with van der Waals surface area (Å²) in [5.41, 5.74) is 4.11. The highest BCUT2D eigenvalue weighted by molar-refractivity contribution is 9.10. The first-order valence-corrected chi connectivity index (χ1v) is 7.59. The van der Waals surface area contributed by atoms with E-state index >= 15 is 0 Å². The van der Waals surface area contributed by atoms with Crippen LogP contribution in [0.3, 0.4) is 0 Å². The quantitative estimate of drug-likeness (QED) is 0.591. The Morgan fingerprint density at radius 3 is 2.38 bits per heavy atom. The molecule has 16 heavy (non-hydrogen) atoms. The summed E-state index contributed by atoms with van der Waals surface area (Å²) in [7, 11) is 0. The van der Waals surface area contributed by atoms with Crippen molar-refractivity contribution in [3.05, 3.63) is 33.3 Å². The lowest BCUT2D eigenvalue weighted by Gasteiger charge is -2.21. The van der Waals surface area contributed by atoms with Crippen LogP contribution in [0.1, 0.15) is 48.2 Å². The molecule has 1 rings (SSSR count). The van der Waals surface area contributed by atoms with E-state index in [4.69, 9.17) is 0 Å².